The van der Waals surface area contributed by atoms with Gasteiger partial charge >= 0.3 is 0 Å². The number of aromatic nitrogens is 2. The molecule has 0 N–H and O–H groups in total. The van der Waals surface area contributed by atoms with Gasteiger partial charge in [-0.05, 0) is 36.6 Å². The van der Waals surface area contributed by atoms with Crippen molar-refractivity contribution in [2.45, 2.75) is 20.4 Å². The molecule has 7 nitrogen and oxygen atoms in total. The Labute approximate surface area is 178 Å². The van der Waals surface area contributed by atoms with E-state index < -0.39 is 0 Å². The highest BCUT2D eigenvalue weighted by Crippen LogP contribution is 2.48. The molecule has 0 saturated carbocycles. The molecule has 0 saturated heterocycles. The number of allylic oxidation sites excluding steroid dienone is 5. The van der Waals surface area contributed by atoms with E-state index in [2.05, 4.69) is 4.98 Å². The lowest BCUT2D eigenvalue weighted by molar-refractivity contribution is 0.568. The zero-order chi connectivity index (χ0) is 22.1. The van der Waals surface area contributed by atoms with Gasteiger partial charge in [0, 0.05) is 23.8 Å². The molecule has 0 bridgehead atoms. The minimum atomic E-state index is -0.0990. The van der Waals surface area contributed by atoms with Crippen LogP contribution in [0.3, 0.4) is 0 Å². The van der Waals surface area contributed by atoms with Gasteiger partial charge in [0.25, 0.3) is 0 Å². The summed E-state index contributed by atoms with van der Waals surface area (Å²) in [6, 6.07) is 16.8. The van der Waals surface area contributed by atoms with Gasteiger partial charge < -0.3 is 8.98 Å². The predicted octanol–water partition coefficient (Wildman–Crippen LogP) is 4.66. The number of hydrogen-bond donors (Lipinski definition) is 0. The summed E-state index contributed by atoms with van der Waals surface area (Å²) in [5.41, 5.74) is 3.55. The molecule has 3 aromatic rings. The Morgan fingerprint density at radius 1 is 1.00 bits per heavy atom. The summed E-state index contributed by atoms with van der Waals surface area (Å²) in [6.45, 7) is 4.41. The average molecular weight is 402 g/mol. The van der Waals surface area contributed by atoms with E-state index in [-0.39, 0.29) is 11.1 Å². The Kier molecular flexibility index (Phi) is 4.73. The second-order valence-electron chi connectivity index (χ2n) is 6.81. The number of imidazole rings is 1. The number of benzene rings is 1. The maximum absolute atomic E-state index is 9.61. The highest BCUT2D eigenvalue weighted by atomic mass is 16.3. The molecule has 0 unspecified atom stereocenters. The zero-order valence-corrected chi connectivity index (χ0v) is 16.8. The Morgan fingerprint density at radius 3 is 2.03 bits per heavy atom. The van der Waals surface area contributed by atoms with Gasteiger partial charge in [-0.15, -0.1) is 0 Å². The molecule has 0 radical (unpaired) electrons. The summed E-state index contributed by atoms with van der Waals surface area (Å²) in [6.07, 6.45) is 1.71. The molecule has 0 atom stereocenters. The molecule has 0 aliphatic heterocycles. The summed E-state index contributed by atoms with van der Waals surface area (Å²) in [4.78, 5) is 4.56. The lowest BCUT2D eigenvalue weighted by Gasteiger charge is -2.07. The van der Waals surface area contributed by atoms with Crippen molar-refractivity contribution >= 4 is 28.5 Å². The molecular weight excluding hydrogens is 388 g/mol. The van der Waals surface area contributed by atoms with E-state index in [0.29, 0.717) is 45.9 Å². The summed E-state index contributed by atoms with van der Waals surface area (Å²) >= 11 is 0. The van der Waals surface area contributed by atoms with E-state index >= 15 is 0 Å². The van der Waals surface area contributed by atoms with E-state index in [1.807, 2.05) is 48.8 Å². The van der Waals surface area contributed by atoms with Gasteiger partial charge in [0.15, 0.2) is 0 Å². The lowest BCUT2D eigenvalue weighted by Crippen LogP contribution is -1.98. The van der Waals surface area contributed by atoms with Crippen molar-refractivity contribution in [2.24, 2.45) is 0 Å². The molecule has 0 amide bonds. The first kappa shape index (κ1) is 19.5. The second kappa shape index (κ2) is 7.53. The minimum absolute atomic E-state index is 0.0990. The number of hydrogen-bond acceptors (Lipinski definition) is 6. The van der Waals surface area contributed by atoms with Crippen LogP contribution >= 0.6 is 0 Å². The van der Waals surface area contributed by atoms with Crippen molar-refractivity contribution in [3.63, 3.8) is 0 Å². The highest BCUT2D eigenvalue weighted by molar-refractivity contribution is 6.14. The molecule has 7 heteroatoms. The number of furan rings is 1. The van der Waals surface area contributed by atoms with Gasteiger partial charge in [-0.3, -0.25) is 0 Å². The largest absolute Gasteiger partial charge is 0.442 e. The van der Waals surface area contributed by atoms with Crippen molar-refractivity contribution in [2.75, 3.05) is 0 Å². The van der Waals surface area contributed by atoms with Crippen LogP contribution in [0.15, 0.2) is 51.5 Å². The fraction of sp³-hybridized carbons (Fsp3) is 0.125. The van der Waals surface area contributed by atoms with Gasteiger partial charge in [-0.2, -0.15) is 26.0 Å². The highest BCUT2D eigenvalue weighted by Gasteiger charge is 2.32. The van der Waals surface area contributed by atoms with Crippen molar-refractivity contribution in [3.05, 3.63) is 69.8 Å². The molecule has 2 heterocycles. The molecular formula is C24H14N6O. The van der Waals surface area contributed by atoms with Gasteiger partial charge in [0.05, 0.1) is 0 Å². The lowest BCUT2D eigenvalue weighted by atomic mass is 9.96. The predicted molar refractivity (Wildman–Crippen MR) is 113 cm³/mol. The third-order valence-electron chi connectivity index (χ3n) is 5.14. The van der Waals surface area contributed by atoms with Gasteiger partial charge in [0.1, 0.15) is 52.5 Å². The molecule has 2 aromatic heterocycles. The summed E-state index contributed by atoms with van der Waals surface area (Å²) < 4.78 is 7.59. The Hall–Kier alpha value is -4.85. The van der Waals surface area contributed by atoms with Crippen LogP contribution < -0.4 is 0 Å². The summed E-state index contributed by atoms with van der Waals surface area (Å²) in [5.74, 6) is 1.28. The fourth-order valence-corrected chi connectivity index (χ4v) is 3.91. The summed E-state index contributed by atoms with van der Waals surface area (Å²) in [7, 11) is 0. The quantitative estimate of drug-likeness (QED) is 0.574. The van der Waals surface area contributed by atoms with Crippen LogP contribution in [0.25, 0.3) is 28.5 Å². The van der Waals surface area contributed by atoms with E-state index in [9.17, 15) is 21.0 Å². The number of rotatable bonds is 2. The Bertz CT molecular complexity index is 1410. The second-order valence-corrected chi connectivity index (χ2v) is 6.81. The molecule has 31 heavy (non-hydrogen) atoms. The van der Waals surface area contributed by atoms with Crippen LogP contribution in [-0.2, 0) is 6.54 Å². The number of nitrogens with zero attached hydrogens (tertiary/aromatic N) is 6. The van der Waals surface area contributed by atoms with Crippen molar-refractivity contribution in [3.8, 4) is 24.3 Å². The minimum Gasteiger partial charge on any atom is -0.442 e. The number of nitriles is 4. The monoisotopic (exact) mass is 402 g/mol. The SMILES string of the molecule is CCn1c(C=C2C(=C(C#N)C#N)c3ccccc3C2=C(C#N)C#N)nc2oc(C)cc21. The first-order chi connectivity index (χ1) is 15.1. The molecule has 146 valence electrons. The molecule has 1 aromatic carbocycles. The third-order valence-corrected chi connectivity index (χ3v) is 5.14. The van der Waals surface area contributed by atoms with Gasteiger partial charge in [-0.1, -0.05) is 24.3 Å². The summed E-state index contributed by atoms with van der Waals surface area (Å²) in [5, 5.41) is 38.4. The maximum atomic E-state index is 9.61. The average Bonchev–Trinajstić information content (AvgIpc) is 3.39. The van der Waals surface area contributed by atoms with E-state index in [1.54, 1.807) is 30.3 Å². The van der Waals surface area contributed by atoms with Crippen molar-refractivity contribution in [1.82, 2.24) is 9.55 Å². The zero-order valence-electron chi connectivity index (χ0n) is 16.8. The Balaban J connectivity index is 2.13. The van der Waals surface area contributed by atoms with Crippen LogP contribution in [0, 0.1) is 52.2 Å². The van der Waals surface area contributed by atoms with Crippen LogP contribution in [0.1, 0.15) is 29.6 Å². The molecule has 0 spiro atoms. The van der Waals surface area contributed by atoms with E-state index in [4.69, 9.17) is 4.42 Å². The third kappa shape index (κ3) is 2.90. The first-order valence-corrected chi connectivity index (χ1v) is 9.45. The number of fused-ring (bicyclic) bond motifs is 2. The van der Waals surface area contributed by atoms with E-state index in [1.165, 1.54) is 0 Å². The van der Waals surface area contributed by atoms with Crippen LogP contribution in [0.2, 0.25) is 0 Å². The smallest absolute Gasteiger partial charge is 0.245 e. The topological polar surface area (TPSA) is 126 Å². The molecule has 4 rings (SSSR count). The maximum Gasteiger partial charge on any atom is 0.245 e. The normalized spacial score (nSPS) is 12.0. The standard InChI is InChI=1S/C24H14N6O/c1-3-30-20-8-14(2)31-24(20)29-21(30)9-19-22(15(10-25)11-26)17-6-4-5-7-18(17)23(19)16(12-27)13-28/h4-9H,3H2,1-2H3. The Morgan fingerprint density at radius 2 is 1.55 bits per heavy atom. The van der Waals surface area contributed by atoms with Crippen molar-refractivity contribution in [1.29, 1.82) is 21.0 Å². The first-order valence-electron chi connectivity index (χ1n) is 9.45. The van der Waals surface area contributed by atoms with Crippen molar-refractivity contribution < 1.29 is 4.42 Å². The number of aryl methyl sites for hydroxylation is 2. The molecule has 1 aliphatic rings. The van der Waals surface area contributed by atoms with Crippen LogP contribution in [-0.4, -0.2) is 9.55 Å². The van der Waals surface area contributed by atoms with Crippen LogP contribution in [0.4, 0.5) is 0 Å². The van der Waals surface area contributed by atoms with E-state index in [0.717, 1.165) is 11.3 Å². The van der Waals surface area contributed by atoms with Gasteiger partial charge in [0.2, 0.25) is 5.71 Å². The molecule has 0 fully saturated rings. The fourth-order valence-electron chi connectivity index (χ4n) is 3.91. The van der Waals surface area contributed by atoms with Crippen LogP contribution in [0.5, 0.6) is 0 Å². The van der Waals surface area contributed by atoms with Gasteiger partial charge in [-0.25, -0.2) is 0 Å². The molecule has 1 aliphatic carbocycles.